The van der Waals surface area contributed by atoms with Gasteiger partial charge in [-0.1, -0.05) is 61.9 Å². The number of nitrogens with zero attached hydrogens (tertiary/aromatic N) is 2. The molecule has 0 saturated heterocycles. The van der Waals surface area contributed by atoms with E-state index < -0.39 is 0 Å². The van der Waals surface area contributed by atoms with E-state index in [-0.39, 0.29) is 11.8 Å². The number of aryl methyl sites for hydroxylation is 1. The van der Waals surface area contributed by atoms with Crippen molar-refractivity contribution in [2.75, 3.05) is 18.0 Å². The first-order chi connectivity index (χ1) is 13.2. The summed E-state index contributed by atoms with van der Waals surface area (Å²) in [6, 6.07) is 17.8. The van der Waals surface area contributed by atoms with Gasteiger partial charge in [-0.15, -0.1) is 0 Å². The highest BCUT2D eigenvalue weighted by molar-refractivity contribution is 6.36. The molecular formula is C23H24N2O2. The summed E-state index contributed by atoms with van der Waals surface area (Å²) in [5, 5.41) is 0. The first kappa shape index (κ1) is 17.5. The molecule has 0 saturated carbocycles. The van der Waals surface area contributed by atoms with Gasteiger partial charge in [0.1, 0.15) is 5.70 Å². The molecule has 2 aliphatic heterocycles. The molecule has 4 nitrogen and oxygen atoms in total. The summed E-state index contributed by atoms with van der Waals surface area (Å²) in [6.07, 6.45) is 3.74. The Morgan fingerprint density at radius 3 is 2.44 bits per heavy atom. The van der Waals surface area contributed by atoms with Gasteiger partial charge in [0, 0.05) is 18.8 Å². The van der Waals surface area contributed by atoms with E-state index in [2.05, 4.69) is 24.0 Å². The van der Waals surface area contributed by atoms with Gasteiger partial charge in [0.2, 0.25) is 0 Å². The quantitative estimate of drug-likeness (QED) is 0.756. The summed E-state index contributed by atoms with van der Waals surface area (Å²) in [4.78, 5) is 30.0. The highest BCUT2D eigenvalue weighted by atomic mass is 16.2. The second-order valence-corrected chi connectivity index (χ2v) is 7.09. The molecule has 0 aromatic heterocycles. The Balaban J connectivity index is 1.85. The topological polar surface area (TPSA) is 40.6 Å². The van der Waals surface area contributed by atoms with Crippen LogP contribution in [0.15, 0.2) is 60.3 Å². The number of hydrogen-bond donors (Lipinski definition) is 0. The molecule has 0 fully saturated rings. The minimum absolute atomic E-state index is 0.163. The van der Waals surface area contributed by atoms with Crippen molar-refractivity contribution in [2.45, 2.75) is 32.6 Å². The predicted octanol–water partition coefficient (Wildman–Crippen LogP) is 4.02. The van der Waals surface area contributed by atoms with Crippen molar-refractivity contribution in [1.82, 2.24) is 4.90 Å². The molecule has 0 bridgehead atoms. The van der Waals surface area contributed by atoms with Gasteiger partial charge in [0.25, 0.3) is 11.8 Å². The Labute approximate surface area is 160 Å². The highest BCUT2D eigenvalue weighted by Crippen LogP contribution is 2.37. The number of benzene rings is 2. The number of imide groups is 1. The lowest BCUT2D eigenvalue weighted by atomic mass is 9.98. The molecule has 2 aliphatic rings. The number of amides is 2. The van der Waals surface area contributed by atoms with Crippen LogP contribution >= 0.6 is 0 Å². The second-order valence-electron chi connectivity index (χ2n) is 7.09. The highest BCUT2D eigenvalue weighted by Gasteiger charge is 2.42. The van der Waals surface area contributed by atoms with Crippen molar-refractivity contribution in [3.8, 4) is 0 Å². The van der Waals surface area contributed by atoms with Gasteiger partial charge in [0.15, 0.2) is 0 Å². The van der Waals surface area contributed by atoms with Crippen molar-refractivity contribution in [3.63, 3.8) is 0 Å². The molecule has 138 valence electrons. The van der Waals surface area contributed by atoms with Crippen LogP contribution in [0.2, 0.25) is 0 Å². The average Bonchev–Trinajstić information content (AvgIpc) is 2.96. The second kappa shape index (κ2) is 7.39. The molecule has 2 heterocycles. The molecule has 0 spiro atoms. The first-order valence-corrected chi connectivity index (χ1v) is 9.73. The van der Waals surface area contributed by atoms with Gasteiger partial charge in [-0.05, 0) is 36.5 Å². The van der Waals surface area contributed by atoms with E-state index in [9.17, 15) is 9.59 Å². The first-order valence-electron chi connectivity index (χ1n) is 9.73. The summed E-state index contributed by atoms with van der Waals surface area (Å²) < 4.78 is 0. The van der Waals surface area contributed by atoms with Crippen LogP contribution in [0.5, 0.6) is 0 Å². The van der Waals surface area contributed by atoms with Gasteiger partial charge in [-0.2, -0.15) is 0 Å². The van der Waals surface area contributed by atoms with Crippen LogP contribution in [0.4, 0.5) is 5.69 Å². The number of carbonyl (C=O) groups excluding carboxylic acids is 2. The van der Waals surface area contributed by atoms with E-state index in [0.29, 0.717) is 17.8 Å². The maximum Gasteiger partial charge on any atom is 0.278 e. The molecule has 4 rings (SSSR count). The number of anilines is 1. The number of rotatable bonds is 5. The Kier molecular flexibility index (Phi) is 4.80. The fraction of sp³-hybridized carbons (Fsp3) is 0.304. The van der Waals surface area contributed by atoms with Crippen LogP contribution in [0, 0.1) is 0 Å². The maximum absolute atomic E-state index is 13.3. The number of para-hydroxylation sites is 1. The van der Waals surface area contributed by atoms with Crippen LogP contribution in [0.25, 0.3) is 5.57 Å². The summed E-state index contributed by atoms with van der Waals surface area (Å²) in [6.45, 7) is 3.30. The lowest BCUT2D eigenvalue weighted by Crippen LogP contribution is -2.37. The molecule has 0 aliphatic carbocycles. The molecule has 2 aromatic rings. The molecular weight excluding hydrogens is 336 g/mol. The summed E-state index contributed by atoms with van der Waals surface area (Å²) in [5.74, 6) is -0.332. The Bertz CT molecular complexity index is 902. The van der Waals surface area contributed by atoms with Gasteiger partial charge in [-0.3, -0.25) is 14.5 Å². The van der Waals surface area contributed by atoms with E-state index in [1.807, 2.05) is 42.5 Å². The monoisotopic (exact) mass is 360 g/mol. The van der Waals surface area contributed by atoms with Crippen molar-refractivity contribution in [2.24, 2.45) is 0 Å². The lowest BCUT2D eigenvalue weighted by Gasteiger charge is -2.32. The molecule has 27 heavy (non-hydrogen) atoms. The van der Waals surface area contributed by atoms with Gasteiger partial charge < -0.3 is 4.90 Å². The lowest BCUT2D eigenvalue weighted by molar-refractivity contribution is -0.136. The predicted molar refractivity (Wildman–Crippen MR) is 107 cm³/mol. The largest absolute Gasteiger partial charge is 0.336 e. The van der Waals surface area contributed by atoms with Gasteiger partial charge >= 0.3 is 0 Å². The van der Waals surface area contributed by atoms with Crippen molar-refractivity contribution in [3.05, 3.63) is 71.4 Å². The summed E-state index contributed by atoms with van der Waals surface area (Å²) in [7, 11) is 0. The Morgan fingerprint density at radius 2 is 1.67 bits per heavy atom. The molecule has 2 aromatic carbocycles. The Morgan fingerprint density at radius 1 is 0.926 bits per heavy atom. The smallest absolute Gasteiger partial charge is 0.278 e. The van der Waals surface area contributed by atoms with Crippen molar-refractivity contribution in [1.29, 1.82) is 0 Å². The number of hydrogen-bond acceptors (Lipinski definition) is 3. The summed E-state index contributed by atoms with van der Waals surface area (Å²) in [5.41, 5.74) is 4.16. The van der Waals surface area contributed by atoms with E-state index in [0.717, 1.165) is 43.5 Å². The molecule has 4 heteroatoms. The molecule has 0 radical (unpaired) electrons. The van der Waals surface area contributed by atoms with Crippen LogP contribution in [-0.2, 0) is 16.0 Å². The van der Waals surface area contributed by atoms with Crippen LogP contribution < -0.4 is 4.90 Å². The van der Waals surface area contributed by atoms with Gasteiger partial charge in [0.05, 0.1) is 5.57 Å². The number of unbranched alkanes of at least 4 members (excludes halogenated alkanes) is 1. The molecule has 2 amide bonds. The van der Waals surface area contributed by atoms with Gasteiger partial charge in [-0.25, -0.2) is 0 Å². The average molecular weight is 360 g/mol. The van der Waals surface area contributed by atoms with Crippen molar-refractivity contribution >= 4 is 23.1 Å². The minimum Gasteiger partial charge on any atom is -0.336 e. The fourth-order valence-corrected chi connectivity index (χ4v) is 3.96. The number of fused-ring (bicyclic) bond motifs is 1. The third kappa shape index (κ3) is 3.05. The number of carbonyl (C=O) groups is 2. The van der Waals surface area contributed by atoms with E-state index in [1.54, 1.807) is 0 Å². The standard InChI is InChI=1S/C23H24N2O2/c1-2-3-15-25-22(26)20(18-11-5-4-6-12-18)21(23(25)27)24-16-9-13-17-10-7-8-14-19(17)24/h4-8,10-12,14H,2-3,9,13,15-16H2,1H3. The van der Waals surface area contributed by atoms with Crippen molar-refractivity contribution < 1.29 is 9.59 Å². The zero-order valence-electron chi connectivity index (χ0n) is 15.6. The Hall–Kier alpha value is -2.88. The van der Waals surface area contributed by atoms with E-state index in [1.165, 1.54) is 10.5 Å². The van der Waals surface area contributed by atoms with Crippen LogP contribution in [0.3, 0.4) is 0 Å². The normalized spacial score (nSPS) is 16.9. The van der Waals surface area contributed by atoms with Crippen LogP contribution in [-0.4, -0.2) is 29.8 Å². The third-order valence-corrected chi connectivity index (χ3v) is 5.32. The van der Waals surface area contributed by atoms with E-state index in [4.69, 9.17) is 0 Å². The molecule has 0 N–H and O–H groups in total. The zero-order chi connectivity index (χ0) is 18.8. The fourth-order valence-electron chi connectivity index (χ4n) is 3.96. The van der Waals surface area contributed by atoms with Crippen LogP contribution in [0.1, 0.15) is 37.3 Å². The SMILES string of the molecule is CCCCN1C(=O)C(c2ccccc2)=C(N2CCCc3ccccc32)C1=O. The molecule has 0 atom stereocenters. The van der Waals surface area contributed by atoms with E-state index >= 15 is 0 Å². The minimum atomic E-state index is -0.169. The maximum atomic E-state index is 13.3. The zero-order valence-corrected chi connectivity index (χ0v) is 15.6. The molecule has 0 unspecified atom stereocenters. The third-order valence-electron chi connectivity index (χ3n) is 5.32. The summed E-state index contributed by atoms with van der Waals surface area (Å²) >= 11 is 0.